The van der Waals surface area contributed by atoms with Gasteiger partial charge in [-0.15, -0.1) is 34.2 Å². The smallest absolute Gasteiger partial charge is 0.193 e. The SMILES string of the molecule is CN=C(NCCCCn1cnnc1)N1CCN(C/C=C/c2ccccc2)CC1.I. The van der Waals surface area contributed by atoms with E-state index in [0.717, 1.165) is 64.6 Å². The van der Waals surface area contributed by atoms with Crippen molar-refractivity contribution in [2.24, 2.45) is 4.99 Å². The van der Waals surface area contributed by atoms with Crippen LogP contribution in [0, 0.1) is 0 Å². The first-order valence-electron chi connectivity index (χ1n) is 10.1. The summed E-state index contributed by atoms with van der Waals surface area (Å²) < 4.78 is 2.01. The average molecular weight is 509 g/mol. The molecule has 0 radical (unpaired) electrons. The summed E-state index contributed by atoms with van der Waals surface area (Å²) in [7, 11) is 1.87. The van der Waals surface area contributed by atoms with Gasteiger partial charge in [0.2, 0.25) is 0 Å². The summed E-state index contributed by atoms with van der Waals surface area (Å²) in [4.78, 5) is 9.31. The molecule has 0 spiro atoms. The Morgan fingerprint density at radius 1 is 1.07 bits per heavy atom. The van der Waals surface area contributed by atoms with Crippen LogP contribution in [-0.2, 0) is 6.54 Å². The zero-order chi connectivity index (χ0) is 19.4. The van der Waals surface area contributed by atoms with Crippen LogP contribution in [0.5, 0.6) is 0 Å². The quantitative estimate of drug-likeness (QED) is 0.257. The summed E-state index contributed by atoms with van der Waals surface area (Å²) in [6.45, 7) is 7.05. The predicted molar refractivity (Wildman–Crippen MR) is 130 cm³/mol. The highest BCUT2D eigenvalue weighted by Gasteiger charge is 2.18. The van der Waals surface area contributed by atoms with Gasteiger partial charge in [0.15, 0.2) is 5.96 Å². The van der Waals surface area contributed by atoms with Crippen molar-refractivity contribution in [3.63, 3.8) is 0 Å². The van der Waals surface area contributed by atoms with Gasteiger partial charge in [-0.1, -0.05) is 42.5 Å². The second kappa shape index (κ2) is 13.3. The third-order valence-corrected chi connectivity index (χ3v) is 4.95. The van der Waals surface area contributed by atoms with Crippen molar-refractivity contribution in [3.05, 3.63) is 54.6 Å². The number of benzene rings is 1. The molecule has 158 valence electrons. The number of nitrogens with zero attached hydrogens (tertiary/aromatic N) is 6. The number of aromatic nitrogens is 3. The minimum atomic E-state index is 0. The van der Waals surface area contributed by atoms with E-state index in [1.807, 2.05) is 11.6 Å². The van der Waals surface area contributed by atoms with E-state index in [4.69, 9.17) is 0 Å². The maximum Gasteiger partial charge on any atom is 0.193 e. The second-order valence-corrected chi connectivity index (χ2v) is 6.98. The largest absolute Gasteiger partial charge is 0.356 e. The second-order valence-electron chi connectivity index (χ2n) is 6.98. The van der Waals surface area contributed by atoms with Gasteiger partial charge in [0.25, 0.3) is 0 Å². The summed E-state index contributed by atoms with van der Waals surface area (Å²) >= 11 is 0. The molecule has 1 aliphatic rings. The minimum absolute atomic E-state index is 0. The Morgan fingerprint density at radius 3 is 2.48 bits per heavy atom. The molecule has 0 bridgehead atoms. The number of rotatable bonds is 8. The van der Waals surface area contributed by atoms with Crippen molar-refractivity contribution >= 4 is 36.0 Å². The molecule has 29 heavy (non-hydrogen) atoms. The van der Waals surface area contributed by atoms with Crippen molar-refractivity contribution < 1.29 is 0 Å². The number of guanidine groups is 1. The van der Waals surface area contributed by atoms with Crippen molar-refractivity contribution in [2.45, 2.75) is 19.4 Å². The summed E-state index contributed by atoms with van der Waals surface area (Å²) in [5.41, 5.74) is 1.26. The molecule has 0 amide bonds. The van der Waals surface area contributed by atoms with Crippen LogP contribution in [0.15, 0.2) is 54.1 Å². The van der Waals surface area contributed by atoms with Gasteiger partial charge >= 0.3 is 0 Å². The van der Waals surface area contributed by atoms with Crippen LogP contribution in [0.2, 0.25) is 0 Å². The summed E-state index contributed by atoms with van der Waals surface area (Å²) in [5.74, 6) is 1.02. The maximum atomic E-state index is 4.46. The lowest BCUT2D eigenvalue weighted by Gasteiger charge is -2.36. The van der Waals surface area contributed by atoms with Crippen molar-refractivity contribution in [1.29, 1.82) is 0 Å². The van der Waals surface area contributed by atoms with Gasteiger partial charge in [-0.3, -0.25) is 9.89 Å². The van der Waals surface area contributed by atoms with Gasteiger partial charge in [0.05, 0.1) is 0 Å². The Balaban J connectivity index is 0.00000300. The molecule has 1 fully saturated rings. The van der Waals surface area contributed by atoms with Gasteiger partial charge in [-0.25, -0.2) is 0 Å². The number of hydrogen-bond donors (Lipinski definition) is 1. The zero-order valence-electron chi connectivity index (χ0n) is 17.2. The third-order valence-electron chi connectivity index (χ3n) is 4.95. The van der Waals surface area contributed by atoms with Crippen LogP contribution < -0.4 is 5.32 Å². The molecule has 2 aromatic rings. The summed E-state index contributed by atoms with van der Waals surface area (Å²) in [6, 6.07) is 10.5. The van der Waals surface area contributed by atoms with E-state index in [9.17, 15) is 0 Å². The van der Waals surface area contributed by atoms with E-state index in [2.05, 4.69) is 72.8 Å². The number of unbranched alkanes of at least 4 members (excludes halogenated alkanes) is 1. The lowest BCUT2D eigenvalue weighted by molar-refractivity contribution is 0.194. The molecule has 1 saturated heterocycles. The van der Waals surface area contributed by atoms with Gasteiger partial charge in [0.1, 0.15) is 12.7 Å². The van der Waals surface area contributed by atoms with E-state index in [1.165, 1.54) is 5.56 Å². The normalized spacial score (nSPS) is 15.5. The lowest BCUT2D eigenvalue weighted by Crippen LogP contribution is -2.52. The molecular weight excluding hydrogens is 477 g/mol. The standard InChI is InChI=1S/C21H31N7.HI/c1-22-21(23-11-5-6-12-27-18-24-25-19-27)28-16-14-26(15-17-28)13-7-10-20-8-3-2-4-9-20;/h2-4,7-10,18-19H,5-6,11-17H2,1H3,(H,22,23);1H/b10-7+;. The number of piperazine rings is 1. The van der Waals surface area contributed by atoms with Crippen LogP contribution in [0.4, 0.5) is 0 Å². The fourth-order valence-corrected chi connectivity index (χ4v) is 3.33. The topological polar surface area (TPSA) is 61.6 Å². The van der Waals surface area contributed by atoms with Crippen molar-refractivity contribution in [2.75, 3.05) is 46.3 Å². The van der Waals surface area contributed by atoms with Crippen LogP contribution in [0.25, 0.3) is 6.08 Å². The molecule has 0 saturated carbocycles. The molecule has 0 aliphatic carbocycles. The zero-order valence-corrected chi connectivity index (χ0v) is 19.5. The number of aryl methyl sites for hydroxylation is 1. The first kappa shape index (κ1) is 23.3. The summed E-state index contributed by atoms with van der Waals surface area (Å²) in [6.07, 6.45) is 10.2. The first-order chi connectivity index (χ1) is 13.8. The Hall–Kier alpha value is -1.94. The van der Waals surface area contributed by atoms with Gasteiger partial charge in [-0.2, -0.15) is 0 Å². The number of aliphatic imine (C=N–C) groups is 1. The first-order valence-corrected chi connectivity index (χ1v) is 10.1. The van der Waals surface area contributed by atoms with E-state index in [0.29, 0.717) is 0 Å². The van der Waals surface area contributed by atoms with Gasteiger partial charge in [0, 0.05) is 52.9 Å². The molecule has 3 rings (SSSR count). The van der Waals surface area contributed by atoms with Gasteiger partial charge in [-0.05, 0) is 18.4 Å². The Bertz CT molecular complexity index is 723. The van der Waals surface area contributed by atoms with Crippen LogP contribution in [-0.4, -0.2) is 76.8 Å². The van der Waals surface area contributed by atoms with E-state index < -0.39 is 0 Å². The molecule has 2 heterocycles. The van der Waals surface area contributed by atoms with E-state index in [1.54, 1.807) is 12.7 Å². The highest BCUT2D eigenvalue weighted by atomic mass is 127. The Kier molecular flexibility index (Phi) is 10.7. The molecule has 1 N–H and O–H groups in total. The molecule has 0 unspecified atom stereocenters. The monoisotopic (exact) mass is 509 g/mol. The fraction of sp³-hybridized carbons (Fsp3) is 0.476. The molecule has 0 atom stereocenters. The van der Waals surface area contributed by atoms with Crippen molar-refractivity contribution in [1.82, 2.24) is 29.9 Å². The molecule has 1 aliphatic heterocycles. The minimum Gasteiger partial charge on any atom is -0.356 e. The Morgan fingerprint density at radius 2 is 1.79 bits per heavy atom. The van der Waals surface area contributed by atoms with Crippen LogP contribution >= 0.6 is 24.0 Å². The number of hydrogen-bond acceptors (Lipinski definition) is 4. The van der Waals surface area contributed by atoms with Crippen LogP contribution in [0.1, 0.15) is 18.4 Å². The number of nitrogens with one attached hydrogen (secondary N) is 1. The molecule has 8 heteroatoms. The maximum absolute atomic E-state index is 4.46. The third kappa shape index (κ3) is 8.14. The molecule has 1 aromatic carbocycles. The van der Waals surface area contributed by atoms with Crippen molar-refractivity contribution in [3.8, 4) is 0 Å². The highest BCUT2D eigenvalue weighted by molar-refractivity contribution is 14.0. The summed E-state index contributed by atoms with van der Waals surface area (Å²) in [5, 5.41) is 11.2. The molecular formula is C21H32IN7. The van der Waals surface area contributed by atoms with E-state index >= 15 is 0 Å². The molecule has 7 nitrogen and oxygen atoms in total. The van der Waals surface area contributed by atoms with Gasteiger partial charge < -0.3 is 14.8 Å². The highest BCUT2D eigenvalue weighted by Crippen LogP contribution is 2.05. The predicted octanol–water partition coefficient (Wildman–Crippen LogP) is 2.58. The number of halogens is 1. The van der Waals surface area contributed by atoms with Crippen LogP contribution in [0.3, 0.4) is 0 Å². The average Bonchev–Trinajstić information content (AvgIpc) is 3.26. The fourth-order valence-electron chi connectivity index (χ4n) is 3.33. The Labute approximate surface area is 190 Å². The van der Waals surface area contributed by atoms with E-state index in [-0.39, 0.29) is 24.0 Å². The lowest BCUT2D eigenvalue weighted by atomic mass is 10.2. The molecule has 1 aromatic heterocycles.